The summed E-state index contributed by atoms with van der Waals surface area (Å²) >= 11 is 0.699. The van der Waals surface area contributed by atoms with E-state index in [0.29, 0.717) is 22.7 Å². The molecule has 0 bridgehead atoms. The van der Waals surface area contributed by atoms with E-state index in [1.165, 1.54) is 4.31 Å². The number of thiazole rings is 1. The normalized spacial score (nSPS) is 17.0. The number of rotatable bonds is 4. The summed E-state index contributed by atoms with van der Waals surface area (Å²) in [6, 6.07) is 9.78. The number of para-hydroxylation sites is 1. The van der Waals surface area contributed by atoms with E-state index in [1.807, 2.05) is 35.0 Å². The third kappa shape index (κ3) is 3.50. The number of amides is 1. The minimum atomic E-state index is -3.76. The molecule has 3 heterocycles. The first-order valence-corrected chi connectivity index (χ1v) is 12.8. The van der Waals surface area contributed by atoms with Gasteiger partial charge in [0.1, 0.15) is 0 Å². The number of hydrogen-bond donors (Lipinski definition) is 1. The number of carbonyl (C=O) groups excluding carboxylic acids is 1. The molecule has 32 heavy (non-hydrogen) atoms. The highest BCUT2D eigenvalue weighted by Crippen LogP contribution is 2.29. The lowest BCUT2D eigenvalue weighted by Crippen LogP contribution is -2.50. The number of benzene rings is 1. The van der Waals surface area contributed by atoms with Crippen molar-refractivity contribution in [2.24, 2.45) is 0 Å². The Morgan fingerprint density at radius 3 is 2.47 bits per heavy atom. The number of H-pyrrole nitrogens is 1. The second-order valence-corrected chi connectivity index (χ2v) is 11.1. The number of hydrogen-bond acceptors (Lipinski definition) is 6. The summed E-state index contributed by atoms with van der Waals surface area (Å²) in [5.74, 6) is -0.155. The SMILES string of the molecule is Cc1[nH]c(=O)sc1S(=O)(=O)N1CCN(C(=O)c2nn(-c3ccccc3)c3c2CCC3)CC1. The Labute approximate surface area is 189 Å². The van der Waals surface area contributed by atoms with Crippen LogP contribution in [0, 0.1) is 6.92 Å². The maximum atomic E-state index is 13.3. The second kappa shape index (κ2) is 7.98. The third-order valence-corrected chi connectivity index (χ3v) is 9.50. The van der Waals surface area contributed by atoms with E-state index in [1.54, 1.807) is 11.8 Å². The number of sulfonamides is 1. The van der Waals surface area contributed by atoms with Gasteiger partial charge in [-0.15, -0.1) is 0 Å². The van der Waals surface area contributed by atoms with Crippen molar-refractivity contribution in [3.8, 4) is 5.69 Å². The number of aromatic amines is 1. The van der Waals surface area contributed by atoms with Crippen molar-refractivity contribution in [2.45, 2.75) is 30.4 Å². The number of nitrogens with zero attached hydrogens (tertiary/aromatic N) is 4. The smallest absolute Gasteiger partial charge is 0.305 e. The molecule has 1 N–H and O–H groups in total. The monoisotopic (exact) mass is 473 g/mol. The topological polar surface area (TPSA) is 108 Å². The molecule has 1 fully saturated rings. The van der Waals surface area contributed by atoms with E-state index in [-0.39, 0.29) is 36.3 Å². The van der Waals surface area contributed by atoms with Crippen LogP contribution in [0.3, 0.4) is 0 Å². The van der Waals surface area contributed by atoms with E-state index in [4.69, 9.17) is 0 Å². The van der Waals surface area contributed by atoms with Gasteiger partial charge in [-0.1, -0.05) is 29.5 Å². The summed E-state index contributed by atoms with van der Waals surface area (Å²) in [5, 5.41) is 4.66. The maximum absolute atomic E-state index is 13.3. The number of aryl methyl sites for hydroxylation is 1. The Bertz CT molecular complexity index is 1330. The van der Waals surface area contributed by atoms with Gasteiger partial charge in [-0.2, -0.15) is 9.40 Å². The van der Waals surface area contributed by atoms with Gasteiger partial charge in [0.2, 0.25) is 0 Å². The Morgan fingerprint density at radius 2 is 1.81 bits per heavy atom. The highest BCUT2D eigenvalue weighted by atomic mass is 32.2. The predicted octanol–water partition coefficient (Wildman–Crippen LogP) is 1.57. The fraction of sp³-hybridized carbons (Fsp3) is 0.381. The van der Waals surface area contributed by atoms with Crippen molar-refractivity contribution >= 4 is 27.3 Å². The zero-order valence-corrected chi connectivity index (χ0v) is 19.2. The molecule has 1 amide bonds. The summed E-state index contributed by atoms with van der Waals surface area (Å²) < 4.78 is 29.1. The molecule has 2 aromatic heterocycles. The minimum absolute atomic E-state index is 0.0432. The first-order valence-electron chi connectivity index (χ1n) is 10.5. The predicted molar refractivity (Wildman–Crippen MR) is 120 cm³/mol. The standard InChI is InChI=1S/C21H23N5O4S2/c1-14-20(31-21(28)22-14)32(29,30)25-12-10-24(11-13-25)19(27)18-16-8-5-9-17(16)26(23-18)15-6-3-2-4-7-15/h2-4,6-7H,5,8-13H2,1H3,(H,22,28). The van der Waals surface area contributed by atoms with Gasteiger partial charge in [-0.3, -0.25) is 9.59 Å². The minimum Gasteiger partial charge on any atom is -0.335 e. The van der Waals surface area contributed by atoms with E-state index in [9.17, 15) is 18.0 Å². The zero-order valence-electron chi connectivity index (χ0n) is 17.6. The average Bonchev–Trinajstić information content (AvgIpc) is 3.49. The van der Waals surface area contributed by atoms with Crippen LogP contribution in [-0.2, 0) is 22.9 Å². The highest BCUT2D eigenvalue weighted by molar-refractivity contribution is 7.91. The lowest BCUT2D eigenvalue weighted by molar-refractivity contribution is 0.0690. The average molecular weight is 474 g/mol. The molecule has 5 rings (SSSR count). The van der Waals surface area contributed by atoms with Crippen LogP contribution in [0.1, 0.15) is 33.9 Å². The Balaban J connectivity index is 1.36. The second-order valence-electron chi connectivity index (χ2n) is 8.00. The molecule has 1 aromatic carbocycles. The van der Waals surface area contributed by atoms with Crippen LogP contribution in [0.4, 0.5) is 0 Å². The van der Waals surface area contributed by atoms with Crippen molar-refractivity contribution < 1.29 is 13.2 Å². The first kappa shape index (κ1) is 21.1. The van der Waals surface area contributed by atoms with Crippen LogP contribution < -0.4 is 4.87 Å². The summed E-state index contributed by atoms with van der Waals surface area (Å²) in [4.78, 5) is 28.7. The number of aromatic nitrogens is 3. The molecular weight excluding hydrogens is 450 g/mol. The van der Waals surface area contributed by atoms with Gasteiger partial charge in [0.15, 0.2) is 9.90 Å². The Hall–Kier alpha value is -2.76. The highest BCUT2D eigenvalue weighted by Gasteiger charge is 2.35. The van der Waals surface area contributed by atoms with Gasteiger partial charge in [0, 0.05) is 43.1 Å². The van der Waals surface area contributed by atoms with E-state index in [2.05, 4.69) is 10.1 Å². The zero-order chi connectivity index (χ0) is 22.5. The van der Waals surface area contributed by atoms with Crippen molar-refractivity contribution in [1.29, 1.82) is 0 Å². The molecule has 3 aromatic rings. The lowest BCUT2D eigenvalue weighted by Gasteiger charge is -2.33. The van der Waals surface area contributed by atoms with E-state index >= 15 is 0 Å². The fourth-order valence-electron chi connectivity index (χ4n) is 4.43. The van der Waals surface area contributed by atoms with Gasteiger partial charge in [0.05, 0.1) is 5.69 Å². The largest absolute Gasteiger partial charge is 0.335 e. The summed E-state index contributed by atoms with van der Waals surface area (Å²) in [6.45, 7) is 2.50. The number of carbonyl (C=O) groups is 1. The number of piperazine rings is 1. The van der Waals surface area contributed by atoms with Crippen LogP contribution in [0.25, 0.3) is 5.69 Å². The first-order chi connectivity index (χ1) is 15.4. The number of nitrogens with one attached hydrogen (secondary N) is 1. The summed E-state index contributed by atoms with van der Waals surface area (Å²) in [6.07, 6.45) is 2.70. The van der Waals surface area contributed by atoms with Crippen LogP contribution in [0.5, 0.6) is 0 Å². The molecule has 2 aliphatic rings. The quantitative estimate of drug-likeness (QED) is 0.619. The molecule has 0 unspecified atom stereocenters. The molecule has 1 aliphatic carbocycles. The lowest BCUT2D eigenvalue weighted by atomic mass is 10.1. The van der Waals surface area contributed by atoms with Gasteiger partial charge < -0.3 is 9.88 Å². The molecule has 1 saturated heterocycles. The van der Waals surface area contributed by atoms with Crippen molar-refractivity contribution in [3.63, 3.8) is 0 Å². The van der Waals surface area contributed by atoms with Crippen molar-refractivity contribution in [2.75, 3.05) is 26.2 Å². The fourth-order valence-corrected chi connectivity index (χ4v) is 7.28. The third-order valence-electron chi connectivity index (χ3n) is 6.01. The van der Waals surface area contributed by atoms with Gasteiger partial charge in [-0.05, 0) is 38.3 Å². The summed E-state index contributed by atoms with van der Waals surface area (Å²) in [7, 11) is -3.76. The van der Waals surface area contributed by atoms with Crippen molar-refractivity contribution in [1.82, 2.24) is 24.0 Å². The number of fused-ring (bicyclic) bond motifs is 1. The molecule has 168 valence electrons. The van der Waals surface area contributed by atoms with Gasteiger partial charge in [0.25, 0.3) is 15.9 Å². The molecule has 0 radical (unpaired) electrons. The van der Waals surface area contributed by atoms with E-state index in [0.717, 1.165) is 36.2 Å². The van der Waals surface area contributed by atoms with Gasteiger partial charge >= 0.3 is 4.87 Å². The molecule has 0 spiro atoms. The Morgan fingerprint density at radius 1 is 1.09 bits per heavy atom. The van der Waals surface area contributed by atoms with Gasteiger partial charge in [-0.25, -0.2) is 13.1 Å². The molecule has 11 heteroatoms. The maximum Gasteiger partial charge on any atom is 0.305 e. The molecule has 1 aliphatic heterocycles. The Kier molecular flexibility index (Phi) is 5.26. The van der Waals surface area contributed by atoms with Crippen LogP contribution in [-0.4, -0.2) is 64.5 Å². The molecule has 0 saturated carbocycles. The van der Waals surface area contributed by atoms with Crippen molar-refractivity contribution in [3.05, 3.63) is 62.6 Å². The molecule has 0 atom stereocenters. The van der Waals surface area contributed by atoms with Crippen LogP contribution in [0.2, 0.25) is 0 Å². The molecule has 9 nitrogen and oxygen atoms in total. The molecular formula is C21H23N5O4S2. The van der Waals surface area contributed by atoms with E-state index < -0.39 is 14.9 Å². The van der Waals surface area contributed by atoms with Crippen LogP contribution >= 0.6 is 11.3 Å². The summed E-state index contributed by atoms with van der Waals surface area (Å²) in [5.41, 5.74) is 3.83. The van der Waals surface area contributed by atoms with Crippen LogP contribution in [0.15, 0.2) is 39.3 Å².